The molecule has 0 aliphatic carbocycles. The zero-order valence-electron chi connectivity index (χ0n) is 24.6. The van der Waals surface area contributed by atoms with Gasteiger partial charge in [0, 0.05) is 30.4 Å². The molecule has 2 saturated heterocycles. The lowest BCUT2D eigenvalue weighted by Gasteiger charge is -2.41. The number of likely N-dealkylation sites (N-methyl/N-ethyl adjacent to an activating group) is 1. The van der Waals surface area contributed by atoms with Crippen molar-refractivity contribution in [1.82, 2.24) is 30.7 Å². The van der Waals surface area contributed by atoms with Gasteiger partial charge in [-0.25, -0.2) is 28.7 Å². The summed E-state index contributed by atoms with van der Waals surface area (Å²) < 4.78 is 34.8. The number of amides is 5. The number of hydrazine groups is 1. The number of imide groups is 1. The summed E-state index contributed by atoms with van der Waals surface area (Å²) in [6.07, 6.45) is -0.963. The first-order valence-corrected chi connectivity index (χ1v) is 13.9. The molecule has 0 radical (unpaired) electrons. The fourth-order valence-corrected chi connectivity index (χ4v) is 5.39. The highest BCUT2D eigenvalue weighted by atomic mass is 19.1. The van der Waals surface area contributed by atoms with Crippen molar-refractivity contribution in [3.63, 3.8) is 0 Å². The fraction of sp³-hybridized carbons (Fsp3) is 0.345. The number of aromatic nitrogens is 2. The molecule has 5 rings (SSSR count). The Hall–Kier alpha value is -4.89. The molecule has 232 valence electrons. The standard InChI is InChI=1S/C29H33F2N9O4/c1-5-32-28(42)33-17-9-11-18(12-10-17)40-22(16-37(2)3)25-26(36-40)38(15-19-20(30)7-6-8-21(19)31)29(43)39(27(25)41)23-13-14-24(44-4)35-34-23/h6-14,22,25-26,36H,5,15-16H2,1-4H3,(H2,32,33,42). The van der Waals surface area contributed by atoms with Crippen LogP contribution >= 0.6 is 0 Å². The lowest BCUT2D eigenvalue weighted by molar-refractivity contribution is -0.125. The molecule has 0 saturated carbocycles. The molecule has 2 fully saturated rings. The zero-order chi connectivity index (χ0) is 31.5. The summed E-state index contributed by atoms with van der Waals surface area (Å²) in [5.74, 6) is -2.96. The predicted molar refractivity (Wildman–Crippen MR) is 158 cm³/mol. The molecule has 1 aromatic heterocycles. The van der Waals surface area contributed by atoms with Gasteiger partial charge in [-0.05, 0) is 63.5 Å². The Kier molecular flexibility index (Phi) is 8.87. The highest BCUT2D eigenvalue weighted by molar-refractivity contribution is 6.16. The van der Waals surface area contributed by atoms with Crippen LogP contribution < -0.4 is 30.7 Å². The Morgan fingerprint density at radius 2 is 1.75 bits per heavy atom. The predicted octanol–water partition coefficient (Wildman–Crippen LogP) is 2.77. The van der Waals surface area contributed by atoms with Crippen molar-refractivity contribution >= 4 is 35.2 Å². The van der Waals surface area contributed by atoms with Crippen molar-refractivity contribution < 1.29 is 27.9 Å². The maximum absolute atomic E-state index is 14.9. The maximum atomic E-state index is 14.9. The van der Waals surface area contributed by atoms with Crippen LogP contribution in [0.3, 0.4) is 0 Å². The second-order valence-electron chi connectivity index (χ2n) is 10.5. The Morgan fingerprint density at radius 1 is 1.05 bits per heavy atom. The Morgan fingerprint density at radius 3 is 2.34 bits per heavy atom. The first-order chi connectivity index (χ1) is 21.1. The summed E-state index contributed by atoms with van der Waals surface area (Å²) in [5.41, 5.74) is 4.14. The van der Waals surface area contributed by atoms with E-state index in [2.05, 4.69) is 26.3 Å². The summed E-state index contributed by atoms with van der Waals surface area (Å²) in [6, 6.07) is 11.6. The summed E-state index contributed by atoms with van der Waals surface area (Å²) >= 11 is 0. The van der Waals surface area contributed by atoms with E-state index >= 15 is 0 Å². The third-order valence-electron chi connectivity index (χ3n) is 7.38. The van der Waals surface area contributed by atoms with E-state index in [-0.39, 0.29) is 23.3 Å². The molecule has 15 heteroatoms. The van der Waals surface area contributed by atoms with Gasteiger partial charge in [-0.3, -0.25) is 4.79 Å². The third kappa shape index (κ3) is 5.96. The zero-order valence-corrected chi connectivity index (χ0v) is 24.6. The number of nitrogens with zero attached hydrogens (tertiary/aromatic N) is 6. The molecular formula is C29H33F2N9O4. The van der Waals surface area contributed by atoms with Crippen molar-refractivity contribution in [2.75, 3.05) is 49.5 Å². The number of fused-ring (bicyclic) bond motifs is 1. The van der Waals surface area contributed by atoms with Gasteiger partial charge in [0.2, 0.25) is 11.8 Å². The van der Waals surface area contributed by atoms with E-state index in [0.29, 0.717) is 24.5 Å². The summed E-state index contributed by atoms with van der Waals surface area (Å²) in [6.45, 7) is 2.19. The number of urea groups is 2. The van der Waals surface area contributed by atoms with Gasteiger partial charge in [0.25, 0.3) is 0 Å². The van der Waals surface area contributed by atoms with Crippen LogP contribution in [0.25, 0.3) is 0 Å². The van der Waals surface area contributed by atoms with Crippen LogP contribution in [0.2, 0.25) is 0 Å². The van der Waals surface area contributed by atoms with Gasteiger partial charge in [0.05, 0.1) is 31.3 Å². The number of methoxy groups -OCH3 is 1. The number of rotatable bonds is 9. The van der Waals surface area contributed by atoms with Crippen LogP contribution in [0, 0.1) is 17.6 Å². The SMILES string of the molecule is CCNC(=O)Nc1ccc(N2NC3C(C(=O)N(c4ccc(OC)nn4)C(=O)N3Cc3c(F)cccc3F)C2CN(C)C)cc1. The van der Waals surface area contributed by atoms with E-state index in [1.54, 1.807) is 29.3 Å². The number of carbonyl (C=O) groups is 3. The molecule has 3 unspecified atom stereocenters. The van der Waals surface area contributed by atoms with E-state index in [4.69, 9.17) is 4.74 Å². The third-order valence-corrected chi connectivity index (χ3v) is 7.38. The summed E-state index contributed by atoms with van der Waals surface area (Å²) in [5, 5.41) is 15.1. The normalized spacial score (nSPS) is 19.8. The quantitative estimate of drug-likeness (QED) is 0.335. The van der Waals surface area contributed by atoms with Crippen LogP contribution in [0.15, 0.2) is 54.6 Å². The number of carbonyl (C=O) groups excluding carboxylic acids is 3. The molecule has 3 heterocycles. The smallest absolute Gasteiger partial charge is 0.334 e. The first kappa shape index (κ1) is 30.6. The van der Waals surface area contributed by atoms with Gasteiger partial charge in [0.15, 0.2) is 5.82 Å². The van der Waals surface area contributed by atoms with E-state index < -0.39 is 48.2 Å². The van der Waals surface area contributed by atoms with Crippen molar-refractivity contribution in [3.05, 3.63) is 71.8 Å². The molecule has 0 spiro atoms. The second kappa shape index (κ2) is 12.8. The highest BCUT2D eigenvalue weighted by Crippen LogP contribution is 2.38. The van der Waals surface area contributed by atoms with Gasteiger partial charge in [0.1, 0.15) is 17.8 Å². The van der Waals surface area contributed by atoms with Gasteiger partial charge < -0.3 is 30.2 Å². The monoisotopic (exact) mass is 609 g/mol. The van der Waals surface area contributed by atoms with Gasteiger partial charge >= 0.3 is 12.1 Å². The molecule has 2 aliphatic rings. The number of anilines is 3. The van der Waals surface area contributed by atoms with E-state index in [9.17, 15) is 23.2 Å². The minimum atomic E-state index is -0.963. The van der Waals surface area contributed by atoms with Crippen LogP contribution in [0.4, 0.5) is 35.6 Å². The van der Waals surface area contributed by atoms with Crippen LogP contribution in [-0.4, -0.2) is 84.5 Å². The average Bonchev–Trinajstić information content (AvgIpc) is 3.36. The molecular weight excluding hydrogens is 576 g/mol. The van der Waals surface area contributed by atoms with E-state index in [0.717, 1.165) is 17.0 Å². The molecule has 3 atom stereocenters. The van der Waals surface area contributed by atoms with Crippen molar-refractivity contribution in [1.29, 1.82) is 0 Å². The largest absolute Gasteiger partial charge is 0.480 e. The Labute approximate surface area is 252 Å². The molecule has 13 nitrogen and oxygen atoms in total. The van der Waals surface area contributed by atoms with Gasteiger partial charge in [-0.2, -0.15) is 0 Å². The lowest BCUT2D eigenvalue weighted by Crippen LogP contribution is -2.64. The van der Waals surface area contributed by atoms with E-state index in [1.165, 1.54) is 30.2 Å². The molecule has 0 bridgehead atoms. The summed E-state index contributed by atoms with van der Waals surface area (Å²) in [4.78, 5) is 44.2. The minimum absolute atomic E-state index is 0.0545. The van der Waals surface area contributed by atoms with E-state index in [1.807, 2.05) is 25.9 Å². The number of hydrogen-bond acceptors (Lipinski definition) is 9. The van der Waals surface area contributed by atoms with Crippen LogP contribution in [-0.2, 0) is 11.3 Å². The summed E-state index contributed by atoms with van der Waals surface area (Å²) in [7, 11) is 5.11. The average molecular weight is 610 g/mol. The first-order valence-electron chi connectivity index (χ1n) is 13.9. The second-order valence-corrected chi connectivity index (χ2v) is 10.5. The molecule has 44 heavy (non-hydrogen) atoms. The molecule has 5 amide bonds. The number of halogens is 2. The molecule has 2 aromatic carbocycles. The Balaban J connectivity index is 1.56. The lowest BCUT2D eigenvalue weighted by atomic mass is 9.92. The van der Waals surface area contributed by atoms with Crippen molar-refractivity contribution in [2.45, 2.75) is 25.7 Å². The maximum Gasteiger partial charge on any atom is 0.334 e. The fourth-order valence-electron chi connectivity index (χ4n) is 5.39. The number of hydrogen-bond donors (Lipinski definition) is 3. The van der Waals surface area contributed by atoms with Crippen LogP contribution in [0.1, 0.15) is 12.5 Å². The number of nitrogens with one attached hydrogen (secondary N) is 3. The Bertz CT molecular complexity index is 1500. The highest BCUT2D eigenvalue weighted by Gasteiger charge is 2.57. The van der Waals surface area contributed by atoms with Gasteiger partial charge in [-0.1, -0.05) is 6.07 Å². The van der Waals surface area contributed by atoms with Crippen molar-refractivity contribution in [3.8, 4) is 5.88 Å². The molecule has 2 aliphatic heterocycles. The molecule has 3 N–H and O–H groups in total. The molecule has 3 aromatic rings. The number of benzene rings is 2. The minimum Gasteiger partial charge on any atom is -0.480 e. The van der Waals surface area contributed by atoms with Gasteiger partial charge in [-0.15, -0.1) is 10.2 Å². The van der Waals surface area contributed by atoms with Crippen LogP contribution in [0.5, 0.6) is 5.88 Å². The van der Waals surface area contributed by atoms with Crippen molar-refractivity contribution in [2.24, 2.45) is 5.92 Å². The topological polar surface area (TPSA) is 135 Å². The number of ether oxygens (including phenoxy) is 1.